The fourth-order valence-corrected chi connectivity index (χ4v) is 4.65. The first-order valence-corrected chi connectivity index (χ1v) is 10.2. The molecule has 1 amide bonds. The third-order valence-electron chi connectivity index (χ3n) is 6.10. The summed E-state index contributed by atoms with van der Waals surface area (Å²) in [4.78, 5) is 18.0. The van der Waals surface area contributed by atoms with Gasteiger partial charge in [-0.1, -0.05) is 36.4 Å². The highest BCUT2D eigenvalue weighted by Crippen LogP contribution is 2.36. The van der Waals surface area contributed by atoms with E-state index >= 15 is 0 Å². The van der Waals surface area contributed by atoms with Crippen molar-refractivity contribution in [2.75, 3.05) is 29.4 Å². The summed E-state index contributed by atoms with van der Waals surface area (Å²) in [5.41, 5.74) is 3.76. The molecule has 2 aliphatic rings. The Morgan fingerprint density at radius 3 is 2.66 bits per heavy atom. The van der Waals surface area contributed by atoms with Crippen molar-refractivity contribution in [2.24, 2.45) is 5.92 Å². The maximum Gasteiger partial charge on any atom is 0.225 e. The van der Waals surface area contributed by atoms with Crippen LogP contribution in [0.1, 0.15) is 11.3 Å². The van der Waals surface area contributed by atoms with Gasteiger partial charge in [0.1, 0.15) is 5.76 Å². The summed E-state index contributed by atoms with van der Waals surface area (Å²) in [5.74, 6) is 0.785. The topological polar surface area (TPSA) is 48.7 Å². The number of rotatable bonds is 4. The van der Waals surface area contributed by atoms with Crippen molar-refractivity contribution < 1.29 is 9.21 Å². The molecule has 1 fully saturated rings. The van der Waals surface area contributed by atoms with Crippen LogP contribution in [0.2, 0.25) is 0 Å². The summed E-state index contributed by atoms with van der Waals surface area (Å²) in [6.45, 7) is 3.14. The number of furan rings is 1. The average Bonchev–Trinajstić information content (AvgIpc) is 3.31. The second kappa shape index (κ2) is 7.66. The number of amides is 1. The number of anilines is 2. The van der Waals surface area contributed by atoms with Crippen LogP contribution in [0.3, 0.4) is 0 Å². The minimum atomic E-state index is -0.0913. The molecule has 5 rings (SSSR count). The van der Waals surface area contributed by atoms with Gasteiger partial charge in [0.15, 0.2) is 0 Å². The second-order valence-electron chi connectivity index (χ2n) is 7.78. The van der Waals surface area contributed by atoms with Crippen molar-refractivity contribution in [3.8, 4) is 0 Å². The standard InChI is InChI=1S/C24H25N3O2/c28-24(25-16-20-10-6-14-29-20)21-15-18-7-4-5-11-22(18)27-13-12-26(17-23(21)27)19-8-2-1-3-9-19/h1-11,14,21,23H,12-13,15-17H2,(H,25,28)/t21-,23-/m1/s1. The van der Waals surface area contributed by atoms with Crippen LogP contribution < -0.4 is 15.1 Å². The van der Waals surface area contributed by atoms with E-state index in [2.05, 4.69) is 63.6 Å². The third kappa shape index (κ3) is 3.48. The lowest BCUT2D eigenvalue weighted by molar-refractivity contribution is -0.126. The van der Waals surface area contributed by atoms with Crippen molar-refractivity contribution in [3.63, 3.8) is 0 Å². The van der Waals surface area contributed by atoms with Crippen LogP contribution in [0.15, 0.2) is 77.4 Å². The number of piperazine rings is 1. The first-order valence-electron chi connectivity index (χ1n) is 10.2. The molecule has 5 heteroatoms. The van der Waals surface area contributed by atoms with E-state index < -0.39 is 0 Å². The van der Waals surface area contributed by atoms with E-state index in [1.54, 1.807) is 6.26 Å². The zero-order valence-corrected chi connectivity index (χ0v) is 16.3. The number of benzene rings is 2. The lowest BCUT2D eigenvalue weighted by atomic mass is 9.83. The summed E-state index contributed by atoms with van der Waals surface area (Å²) in [7, 11) is 0. The van der Waals surface area contributed by atoms with E-state index in [1.807, 2.05) is 18.2 Å². The van der Waals surface area contributed by atoms with Gasteiger partial charge in [0.2, 0.25) is 5.91 Å². The Hall–Kier alpha value is -3.21. The molecule has 1 N–H and O–H groups in total. The lowest BCUT2D eigenvalue weighted by Gasteiger charge is -2.49. The van der Waals surface area contributed by atoms with Crippen LogP contribution in [-0.4, -0.2) is 31.6 Å². The largest absolute Gasteiger partial charge is 0.467 e. The quantitative estimate of drug-likeness (QED) is 0.745. The molecule has 29 heavy (non-hydrogen) atoms. The molecular weight excluding hydrogens is 362 g/mol. The number of nitrogens with zero attached hydrogens (tertiary/aromatic N) is 2. The van der Waals surface area contributed by atoms with E-state index in [1.165, 1.54) is 16.9 Å². The molecule has 3 aromatic rings. The zero-order chi connectivity index (χ0) is 19.6. The van der Waals surface area contributed by atoms with Gasteiger partial charge in [-0.25, -0.2) is 0 Å². The van der Waals surface area contributed by atoms with Crippen molar-refractivity contribution in [1.82, 2.24) is 5.32 Å². The molecule has 148 valence electrons. The summed E-state index contributed by atoms with van der Waals surface area (Å²) in [6.07, 6.45) is 2.41. The van der Waals surface area contributed by atoms with Gasteiger partial charge in [-0.15, -0.1) is 0 Å². The second-order valence-corrected chi connectivity index (χ2v) is 7.78. The molecular formula is C24H25N3O2. The number of hydrogen-bond acceptors (Lipinski definition) is 4. The molecule has 2 aliphatic heterocycles. The SMILES string of the molecule is O=C(NCc1ccco1)[C@@H]1Cc2ccccc2N2CCN(c3ccccc3)C[C@H]12. The highest BCUT2D eigenvalue weighted by Gasteiger charge is 2.41. The first-order chi connectivity index (χ1) is 14.3. The predicted molar refractivity (Wildman–Crippen MR) is 114 cm³/mol. The van der Waals surface area contributed by atoms with Crippen molar-refractivity contribution in [2.45, 2.75) is 19.0 Å². The molecule has 1 aromatic heterocycles. The maximum absolute atomic E-state index is 13.2. The fourth-order valence-electron chi connectivity index (χ4n) is 4.65. The van der Waals surface area contributed by atoms with Gasteiger partial charge in [0, 0.05) is 31.0 Å². The van der Waals surface area contributed by atoms with Gasteiger partial charge in [0.05, 0.1) is 24.8 Å². The Kier molecular flexibility index (Phi) is 4.72. The molecule has 2 aromatic carbocycles. The summed E-state index contributed by atoms with van der Waals surface area (Å²) >= 11 is 0. The Bertz CT molecular complexity index is 971. The summed E-state index contributed by atoms with van der Waals surface area (Å²) < 4.78 is 5.38. The number of carbonyl (C=O) groups excluding carboxylic acids is 1. The zero-order valence-electron chi connectivity index (χ0n) is 16.3. The molecule has 0 radical (unpaired) electrons. The summed E-state index contributed by atoms with van der Waals surface area (Å²) in [5, 5.41) is 3.10. The van der Waals surface area contributed by atoms with E-state index in [4.69, 9.17) is 4.42 Å². The molecule has 0 aliphatic carbocycles. The predicted octanol–water partition coefficient (Wildman–Crippen LogP) is 3.46. The molecule has 0 spiro atoms. The van der Waals surface area contributed by atoms with Crippen molar-refractivity contribution >= 4 is 17.3 Å². The molecule has 1 saturated heterocycles. The Balaban J connectivity index is 1.40. The molecule has 3 heterocycles. The van der Waals surface area contributed by atoms with E-state index in [0.717, 1.165) is 31.8 Å². The van der Waals surface area contributed by atoms with Crippen molar-refractivity contribution in [1.29, 1.82) is 0 Å². The van der Waals surface area contributed by atoms with Crippen molar-refractivity contribution in [3.05, 3.63) is 84.3 Å². The molecule has 0 unspecified atom stereocenters. The van der Waals surface area contributed by atoms with Gasteiger partial charge in [-0.2, -0.15) is 0 Å². The number of fused-ring (bicyclic) bond motifs is 3. The minimum Gasteiger partial charge on any atom is -0.467 e. The van der Waals surface area contributed by atoms with Crippen LogP contribution in [0, 0.1) is 5.92 Å². The molecule has 5 nitrogen and oxygen atoms in total. The first kappa shape index (κ1) is 17.9. The number of nitrogens with one attached hydrogen (secondary N) is 1. The van der Waals surface area contributed by atoms with Gasteiger partial charge in [-0.3, -0.25) is 4.79 Å². The number of carbonyl (C=O) groups is 1. The van der Waals surface area contributed by atoms with Gasteiger partial charge in [0.25, 0.3) is 0 Å². The number of hydrogen-bond donors (Lipinski definition) is 1. The van der Waals surface area contributed by atoms with Gasteiger partial charge < -0.3 is 19.5 Å². The highest BCUT2D eigenvalue weighted by atomic mass is 16.3. The third-order valence-corrected chi connectivity index (χ3v) is 6.10. The van der Waals surface area contributed by atoms with E-state index in [-0.39, 0.29) is 17.9 Å². The maximum atomic E-state index is 13.2. The van der Waals surface area contributed by atoms with Crippen LogP contribution in [0.25, 0.3) is 0 Å². The van der Waals surface area contributed by atoms with Crippen LogP contribution >= 0.6 is 0 Å². The smallest absolute Gasteiger partial charge is 0.225 e. The molecule has 2 atom stereocenters. The normalized spacial score (nSPS) is 20.7. The average molecular weight is 387 g/mol. The summed E-state index contributed by atoms with van der Waals surface area (Å²) in [6, 6.07) is 22.9. The Morgan fingerprint density at radius 1 is 1.00 bits per heavy atom. The minimum absolute atomic E-state index is 0.0913. The van der Waals surface area contributed by atoms with Crippen LogP contribution in [0.4, 0.5) is 11.4 Å². The highest BCUT2D eigenvalue weighted by molar-refractivity contribution is 5.82. The van der Waals surface area contributed by atoms with E-state index in [0.29, 0.717) is 6.54 Å². The fraction of sp³-hybridized carbons (Fsp3) is 0.292. The van der Waals surface area contributed by atoms with Gasteiger partial charge in [-0.05, 0) is 42.3 Å². The molecule has 0 saturated carbocycles. The Labute approximate surface area is 170 Å². The van der Waals surface area contributed by atoms with Gasteiger partial charge >= 0.3 is 0 Å². The van der Waals surface area contributed by atoms with Crippen LogP contribution in [0.5, 0.6) is 0 Å². The number of para-hydroxylation sites is 2. The van der Waals surface area contributed by atoms with E-state index in [9.17, 15) is 4.79 Å². The van der Waals surface area contributed by atoms with Crippen LogP contribution in [-0.2, 0) is 17.8 Å². The Morgan fingerprint density at radius 2 is 1.83 bits per heavy atom. The monoisotopic (exact) mass is 387 g/mol. The molecule has 0 bridgehead atoms. The lowest BCUT2D eigenvalue weighted by Crippen LogP contribution is -2.61.